The Labute approximate surface area is 141 Å². The smallest absolute Gasteiger partial charge is 0.319 e. The van der Waals surface area contributed by atoms with Gasteiger partial charge in [-0.05, 0) is 43.7 Å². The lowest BCUT2D eigenvalue weighted by atomic mass is 10.1. The van der Waals surface area contributed by atoms with E-state index in [0.29, 0.717) is 31.1 Å². The fourth-order valence-electron chi connectivity index (χ4n) is 2.29. The quantitative estimate of drug-likeness (QED) is 0.691. The number of urea groups is 1. The molecule has 2 aromatic rings. The molecule has 24 heavy (non-hydrogen) atoms. The first-order chi connectivity index (χ1) is 11.6. The van der Waals surface area contributed by atoms with Gasteiger partial charge < -0.3 is 24.9 Å². The second-order valence-electron chi connectivity index (χ2n) is 5.60. The summed E-state index contributed by atoms with van der Waals surface area (Å²) in [7, 11) is 0. The number of hydrogen-bond acceptors (Lipinski definition) is 4. The highest BCUT2D eigenvalue weighted by Gasteiger charge is 2.16. The molecule has 1 heterocycles. The molecule has 1 aromatic heterocycles. The highest BCUT2D eigenvalue weighted by molar-refractivity contribution is 5.89. The third kappa shape index (κ3) is 5.72. The van der Waals surface area contributed by atoms with Crippen LogP contribution in [0, 0.1) is 0 Å². The van der Waals surface area contributed by atoms with Gasteiger partial charge in [0.2, 0.25) is 0 Å². The van der Waals surface area contributed by atoms with Gasteiger partial charge in [0.25, 0.3) is 0 Å². The van der Waals surface area contributed by atoms with Gasteiger partial charge in [0.1, 0.15) is 11.9 Å². The molecule has 0 aliphatic carbocycles. The van der Waals surface area contributed by atoms with E-state index >= 15 is 0 Å². The van der Waals surface area contributed by atoms with Crippen molar-refractivity contribution in [1.29, 1.82) is 0 Å². The molecule has 1 aromatic carbocycles. The number of rotatable bonds is 8. The number of aliphatic hydroxyl groups is 1. The Morgan fingerprint density at radius 2 is 2.04 bits per heavy atom. The molecule has 130 valence electrons. The van der Waals surface area contributed by atoms with Crippen LogP contribution in [0.25, 0.3) is 0 Å². The summed E-state index contributed by atoms with van der Waals surface area (Å²) >= 11 is 0. The van der Waals surface area contributed by atoms with Crippen LogP contribution in [0.4, 0.5) is 10.5 Å². The maximum Gasteiger partial charge on any atom is 0.319 e. The average Bonchev–Trinajstić information content (AvgIpc) is 3.08. The van der Waals surface area contributed by atoms with E-state index in [0.717, 1.165) is 5.56 Å². The van der Waals surface area contributed by atoms with Crippen molar-refractivity contribution in [2.75, 3.05) is 11.9 Å². The molecule has 2 atom stereocenters. The number of amides is 2. The minimum Gasteiger partial charge on any atom is -0.467 e. The first-order valence-corrected chi connectivity index (χ1v) is 8.04. The van der Waals surface area contributed by atoms with E-state index in [9.17, 15) is 9.90 Å². The van der Waals surface area contributed by atoms with Gasteiger partial charge in [0.15, 0.2) is 0 Å². The second kappa shape index (κ2) is 9.10. The summed E-state index contributed by atoms with van der Waals surface area (Å²) in [6, 6.07) is 10.4. The highest BCUT2D eigenvalue weighted by atomic mass is 16.5. The highest BCUT2D eigenvalue weighted by Crippen LogP contribution is 2.18. The van der Waals surface area contributed by atoms with Crippen molar-refractivity contribution in [3.05, 3.63) is 54.0 Å². The number of furan rings is 1. The second-order valence-corrected chi connectivity index (χ2v) is 5.60. The summed E-state index contributed by atoms with van der Waals surface area (Å²) in [6.45, 7) is 5.01. The van der Waals surface area contributed by atoms with E-state index in [1.807, 2.05) is 38.1 Å². The fraction of sp³-hybridized carbons (Fsp3) is 0.389. The number of aliphatic hydroxyl groups excluding tert-OH is 1. The predicted octanol–water partition coefficient (Wildman–Crippen LogP) is 3.45. The minimum absolute atomic E-state index is 0.206. The van der Waals surface area contributed by atoms with Crippen molar-refractivity contribution in [1.82, 2.24) is 5.32 Å². The summed E-state index contributed by atoms with van der Waals surface area (Å²) in [4.78, 5) is 12.0. The lowest BCUT2D eigenvalue weighted by Crippen LogP contribution is -2.37. The molecule has 2 amide bonds. The minimum atomic E-state index is -0.742. The first-order valence-electron chi connectivity index (χ1n) is 8.04. The van der Waals surface area contributed by atoms with Crippen LogP contribution in [0.3, 0.4) is 0 Å². The molecule has 6 heteroatoms. The SMILES string of the molecule is CCOCc1ccc(NC(=O)N[C@@H](C)C[C@H](O)c2ccco2)cc1. The molecule has 0 fully saturated rings. The van der Waals surface area contributed by atoms with Crippen LogP contribution >= 0.6 is 0 Å². The van der Waals surface area contributed by atoms with Gasteiger partial charge in [-0.3, -0.25) is 0 Å². The van der Waals surface area contributed by atoms with Crippen molar-refractivity contribution in [3.8, 4) is 0 Å². The van der Waals surface area contributed by atoms with Crippen LogP contribution in [0.2, 0.25) is 0 Å². The maximum atomic E-state index is 12.0. The first kappa shape index (κ1) is 18.0. The van der Waals surface area contributed by atoms with Gasteiger partial charge in [0.05, 0.1) is 12.9 Å². The zero-order valence-corrected chi connectivity index (χ0v) is 14.0. The molecule has 0 aliphatic heterocycles. The molecule has 0 saturated carbocycles. The molecule has 2 rings (SSSR count). The van der Waals surface area contributed by atoms with Crippen LogP contribution in [0.1, 0.15) is 37.7 Å². The monoisotopic (exact) mass is 332 g/mol. The molecule has 0 unspecified atom stereocenters. The normalized spacial score (nSPS) is 13.3. The van der Waals surface area contributed by atoms with Gasteiger partial charge in [-0.2, -0.15) is 0 Å². The Kier molecular flexibility index (Phi) is 6.84. The van der Waals surface area contributed by atoms with Gasteiger partial charge in [-0.15, -0.1) is 0 Å². The summed E-state index contributed by atoms with van der Waals surface area (Å²) in [5, 5.41) is 15.6. The van der Waals surface area contributed by atoms with Crippen molar-refractivity contribution in [3.63, 3.8) is 0 Å². The lowest BCUT2D eigenvalue weighted by Gasteiger charge is -2.17. The number of carbonyl (C=O) groups is 1. The van der Waals surface area contributed by atoms with Crippen LogP contribution in [0.5, 0.6) is 0 Å². The topological polar surface area (TPSA) is 83.7 Å². The van der Waals surface area contributed by atoms with Crippen LogP contribution in [-0.4, -0.2) is 23.8 Å². The summed E-state index contributed by atoms with van der Waals surface area (Å²) in [5.74, 6) is 0.494. The number of anilines is 1. The molecule has 6 nitrogen and oxygen atoms in total. The van der Waals surface area contributed by atoms with Crippen molar-refractivity contribution in [2.45, 2.75) is 39.0 Å². The Morgan fingerprint density at radius 3 is 2.67 bits per heavy atom. The van der Waals surface area contributed by atoms with Crippen LogP contribution in [0.15, 0.2) is 47.1 Å². The van der Waals surface area contributed by atoms with Crippen molar-refractivity contribution >= 4 is 11.7 Å². The zero-order valence-electron chi connectivity index (χ0n) is 14.0. The van der Waals surface area contributed by atoms with E-state index in [1.165, 1.54) is 6.26 Å². The van der Waals surface area contributed by atoms with Crippen molar-refractivity contribution in [2.24, 2.45) is 0 Å². The molecular formula is C18H24N2O4. The molecule has 0 saturated heterocycles. The van der Waals surface area contributed by atoms with E-state index in [2.05, 4.69) is 10.6 Å². The van der Waals surface area contributed by atoms with E-state index in [-0.39, 0.29) is 12.1 Å². The standard InChI is InChI=1S/C18H24N2O4/c1-3-23-12-14-6-8-15(9-7-14)20-18(22)19-13(2)11-16(21)17-5-4-10-24-17/h4-10,13,16,21H,3,11-12H2,1-2H3,(H2,19,20,22)/t13-,16-/m0/s1. The molecule has 0 spiro atoms. The molecule has 0 bridgehead atoms. The number of nitrogens with one attached hydrogen (secondary N) is 2. The lowest BCUT2D eigenvalue weighted by molar-refractivity contribution is 0.130. The number of hydrogen-bond donors (Lipinski definition) is 3. The number of ether oxygens (including phenoxy) is 1. The van der Waals surface area contributed by atoms with Gasteiger partial charge in [-0.25, -0.2) is 4.79 Å². The summed E-state index contributed by atoms with van der Waals surface area (Å²) in [5.41, 5.74) is 1.75. The largest absolute Gasteiger partial charge is 0.467 e. The Hall–Kier alpha value is -2.31. The van der Waals surface area contributed by atoms with Crippen molar-refractivity contribution < 1.29 is 19.1 Å². The van der Waals surface area contributed by atoms with E-state index in [4.69, 9.17) is 9.15 Å². The van der Waals surface area contributed by atoms with Gasteiger partial charge in [0, 0.05) is 24.8 Å². The third-order valence-corrected chi connectivity index (χ3v) is 3.51. The van der Waals surface area contributed by atoms with E-state index < -0.39 is 6.10 Å². The number of benzene rings is 1. The Balaban J connectivity index is 1.77. The molecular weight excluding hydrogens is 308 g/mol. The van der Waals surface area contributed by atoms with E-state index in [1.54, 1.807) is 12.1 Å². The predicted molar refractivity (Wildman–Crippen MR) is 91.7 cm³/mol. The van der Waals surface area contributed by atoms with Crippen LogP contribution < -0.4 is 10.6 Å². The Bertz CT molecular complexity index is 610. The molecule has 3 N–H and O–H groups in total. The van der Waals surface area contributed by atoms with Crippen LogP contribution in [-0.2, 0) is 11.3 Å². The average molecular weight is 332 g/mol. The zero-order chi connectivity index (χ0) is 17.4. The third-order valence-electron chi connectivity index (χ3n) is 3.51. The van der Waals surface area contributed by atoms with Gasteiger partial charge >= 0.3 is 6.03 Å². The molecule has 0 radical (unpaired) electrons. The summed E-state index contributed by atoms with van der Waals surface area (Å²) in [6.07, 6.45) is 1.14. The number of carbonyl (C=O) groups excluding carboxylic acids is 1. The molecule has 0 aliphatic rings. The fourth-order valence-corrected chi connectivity index (χ4v) is 2.29. The van der Waals surface area contributed by atoms with Gasteiger partial charge in [-0.1, -0.05) is 12.1 Å². The summed E-state index contributed by atoms with van der Waals surface area (Å²) < 4.78 is 10.5. The maximum absolute atomic E-state index is 12.0. The Morgan fingerprint density at radius 1 is 1.29 bits per heavy atom.